The molecule has 134 valence electrons. The van der Waals surface area contributed by atoms with E-state index in [-0.39, 0.29) is 11.7 Å². The highest BCUT2D eigenvalue weighted by atomic mass is 32.2. The van der Waals surface area contributed by atoms with Crippen molar-refractivity contribution < 1.29 is 13.9 Å². The first-order valence-corrected chi connectivity index (χ1v) is 8.78. The van der Waals surface area contributed by atoms with Crippen molar-refractivity contribution in [1.82, 2.24) is 14.8 Å². The van der Waals surface area contributed by atoms with Crippen LogP contribution in [0, 0.1) is 5.82 Å². The molecule has 0 radical (unpaired) electrons. The summed E-state index contributed by atoms with van der Waals surface area (Å²) >= 11 is 1.25. The number of nitrogens with one attached hydrogen (secondary N) is 1. The van der Waals surface area contributed by atoms with Crippen LogP contribution < -0.4 is 10.1 Å². The van der Waals surface area contributed by atoms with Crippen LogP contribution in [0.15, 0.2) is 53.7 Å². The normalized spacial score (nSPS) is 10.6. The lowest BCUT2D eigenvalue weighted by Crippen LogP contribution is -2.14. The number of amides is 1. The Kier molecular flexibility index (Phi) is 5.52. The number of methoxy groups -OCH3 is 1. The maximum Gasteiger partial charge on any atom is 0.234 e. The summed E-state index contributed by atoms with van der Waals surface area (Å²) in [7, 11) is 3.43. The molecule has 2 aromatic carbocycles. The number of rotatable bonds is 6. The number of anilines is 1. The number of benzene rings is 2. The maximum absolute atomic E-state index is 13.2. The number of para-hydroxylation sites is 1. The molecule has 0 atom stereocenters. The molecule has 6 nitrogen and oxygen atoms in total. The van der Waals surface area contributed by atoms with Crippen molar-refractivity contribution in [1.29, 1.82) is 0 Å². The number of hydrogen-bond acceptors (Lipinski definition) is 5. The quantitative estimate of drug-likeness (QED) is 0.672. The van der Waals surface area contributed by atoms with E-state index in [4.69, 9.17) is 4.74 Å². The van der Waals surface area contributed by atoms with Crippen LogP contribution in [0.4, 0.5) is 10.1 Å². The van der Waals surface area contributed by atoms with Gasteiger partial charge in [0.25, 0.3) is 0 Å². The van der Waals surface area contributed by atoms with Crippen molar-refractivity contribution in [3.05, 3.63) is 54.3 Å². The van der Waals surface area contributed by atoms with Gasteiger partial charge in [0, 0.05) is 12.7 Å². The van der Waals surface area contributed by atoms with Crippen LogP contribution in [-0.2, 0) is 11.8 Å². The Morgan fingerprint density at radius 1 is 1.23 bits per heavy atom. The summed E-state index contributed by atoms with van der Waals surface area (Å²) in [5.41, 5.74) is 1.24. The summed E-state index contributed by atoms with van der Waals surface area (Å²) in [6.45, 7) is 0. The topological polar surface area (TPSA) is 69.0 Å². The van der Waals surface area contributed by atoms with Crippen LogP contribution in [0.3, 0.4) is 0 Å². The number of carbonyl (C=O) groups is 1. The molecule has 1 N–H and O–H groups in total. The Bertz CT molecular complexity index is 929. The van der Waals surface area contributed by atoms with Crippen LogP contribution in [0.5, 0.6) is 5.75 Å². The number of halogens is 1. The molecule has 0 unspecified atom stereocenters. The third kappa shape index (κ3) is 4.02. The van der Waals surface area contributed by atoms with Gasteiger partial charge in [-0.05, 0) is 30.3 Å². The molecule has 0 saturated carbocycles. The Hall–Kier alpha value is -2.87. The van der Waals surface area contributed by atoms with Gasteiger partial charge in [0.1, 0.15) is 11.6 Å². The standard InChI is InChI=1S/C18H17FN4O2S/c1-23-17(14-8-3-4-9-15(14)25-2)21-22-18(23)26-11-16(24)20-13-7-5-6-12(19)10-13/h3-10H,11H2,1-2H3,(H,20,24). The second-order valence-electron chi connectivity index (χ2n) is 5.41. The van der Waals surface area contributed by atoms with E-state index < -0.39 is 5.82 Å². The predicted molar refractivity (Wildman–Crippen MR) is 98.7 cm³/mol. The van der Waals surface area contributed by atoms with E-state index in [0.29, 0.717) is 22.4 Å². The molecule has 0 saturated heterocycles. The van der Waals surface area contributed by atoms with Crippen molar-refractivity contribution in [2.45, 2.75) is 5.16 Å². The van der Waals surface area contributed by atoms with E-state index in [9.17, 15) is 9.18 Å². The van der Waals surface area contributed by atoms with Crippen LogP contribution in [0.1, 0.15) is 0 Å². The van der Waals surface area contributed by atoms with Gasteiger partial charge in [-0.2, -0.15) is 0 Å². The molecule has 0 aliphatic rings. The minimum absolute atomic E-state index is 0.133. The van der Waals surface area contributed by atoms with E-state index in [0.717, 1.165) is 5.56 Å². The van der Waals surface area contributed by atoms with Gasteiger partial charge in [-0.25, -0.2) is 4.39 Å². The van der Waals surface area contributed by atoms with Crippen molar-refractivity contribution >= 4 is 23.4 Å². The Labute approximate surface area is 154 Å². The number of aromatic nitrogens is 3. The number of nitrogens with zero attached hydrogens (tertiary/aromatic N) is 3. The number of hydrogen-bond donors (Lipinski definition) is 1. The third-order valence-electron chi connectivity index (χ3n) is 3.62. The number of thioether (sulfide) groups is 1. The fourth-order valence-corrected chi connectivity index (χ4v) is 3.11. The van der Waals surface area contributed by atoms with E-state index >= 15 is 0 Å². The van der Waals surface area contributed by atoms with Gasteiger partial charge in [-0.1, -0.05) is 30.0 Å². The molecule has 26 heavy (non-hydrogen) atoms. The highest BCUT2D eigenvalue weighted by molar-refractivity contribution is 7.99. The lowest BCUT2D eigenvalue weighted by Gasteiger charge is -2.08. The van der Waals surface area contributed by atoms with Crippen molar-refractivity contribution in [3.63, 3.8) is 0 Å². The van der Waals surface area contributed by atoms with Crippen molar-refractivity contribution in [2.24, 2.45) is 7.05 Å². The largest absolute Gasteiger partial charge is 0.496 e. The Morgan fingerprint density at radius 3 is 2.81 bits per heavy atom. The predicted octanol–water partition coefficient (Wildman–Crippen LogP) is 3.36. The van der Waals surface area contributed by atoms with E-state index in [1.165, 1.54) is 23.9 Å². The van der Waals surface area contributed by atoms with E-state index in [1.807, 2.05) is 31.3 Å². The molecule has 3 aromatic rings. The van der Waals surface area contributed by atoms with E-state index in [2.05, 4.69) is 15.5 Å². The Balaban J connectivity index is 1.68. The molecule has 0 aliphatic heterocycles. The first kappa shape index (κ1) is 17.9. The summed E-state index contributed by atoms with van der Waals surface area (Å²) in [6, 6.07) is 13.3. The van der Waals surface area contributed by atoms with Crippen molar-refractivity contribution in [2.75, 3.05) is 18.2 Å². The van der Waals surface area contributed by atoms with Gasteiger partial charge in [-0.3, -0.25) is 4.79 Å². The molecule has 1 amide bonds. The molecule has 1 aromatic heterocycles. The van der Waals surface area contributed by atoms with Crippen LogP contribution >= 0.6 is 11.8 Å². The molecule has 0 fully saturated rings. The van der Waals surface area contributed by atoms with Gasteiger partial charge in [-0.15, -0.1) is 10.2 Å². The highest BCUT2D eigenvalue weighted by Gasteiger charge is 2.15. The van der Waals surface area contributed by atoms with Gasteiger partial charge >= 0.3 is 0 Å². The third-order valence-corrected chi connectivity index (χ3v) is 4.64. The molecule has 1 heterocycles. The maximum atomic E-state index is 13.2. The Morgan fingerprint density at radius 2 is 2.04 bits per heavy atom. The zero-order valence-electron chi connectivity index (χ0n) is 14.3. The number of carbonyl (C=O) groups excluding carboxylic acids is 1. The zero-order chi connectivity index (χ0) is 18.5. The lowest BCUT2D eigenvalue weighted by atomic mass is 10.2. The molecule has 8 heteroatoms. The summed E-state index contributed by atoms with van der Waals surface area (Å²) < 4.78 is 20.3. The summed E-state index contributed by atoms with van der Waals surface area (Å²) in [4.78, 5) is 12.1. The SMILES string of the molecule is COc1ccccc1-c1nnc(SCC(=O)Nc2cccc(F)c2)n1C. The average Bonchev–Trinajstić information content (AvgIpc) is 3.00. The molecule has 3 rings (SSSR count). The minimum atomic E-state index is -0.398. The van der Waals surface area contributed by atoms with Gasteiger partial charge < -0.3 is 14.6 Å². The van der Waals surface area contributed by atoms with Crippen LogP contribution in [0.25, 0.3) is 11.4 Å². The smallest absolute Gasteiger partial charge is 0.234 e. The second kappa shape index (κ2) is 8.01. The molecular weight excluding hydrogens is 355 g/mol. The van der Waals surface area contributed by atoms with Crippen LogP contribution in [0.2, 0.25) is 0 Å². The molecule has 0 spiro atoms. The molecular formula is C18H17FN4O2S. The monoisotopic (exact) mass is 372 g/mol. The van der Waals surface area contributed by atoms with E-state index in [1.54, 1.807) is 23.8 Å². The number of ether oxygens (including phenoxy) is 1. The first-order chi connectivity index (χ1) is 12.6. The van der Waals surface area contributed by atoms with Gasteiger partial charge in [0.15, 0.2) is 11.0 Å². The first-order valence-electron chi connectivity index (χ1n) is 7.79. The fourth-order valence-electron chi connectivity index (χ4n) is 2.40. The molecule has 0 bridgehead atoms. The van der Waals surface area contributed by atoms with Crippen molar-refractivity contribution in [3.8, 4) is 17.1 Å². The zero-order valence-corrected chi connectivity index (χ0v) is 15.1. The lowest BCUT2D eigenvalue weighted by molar-refractivity contribution is -0.113. The molecule has 0 aliphatic carbocycles. The van der Waals surface area contributed by atoms with Crippen LogP contribution in [-0.4, -0.2) is 33.5 Å². The fraction of sp³-hybridized carbons (Fsp3) is 0.167. The summed E-state index contributed by atoms with van der Waals surface area (Å²) in [5.74, 6) is 0.834. The average molecular weight is 372 g/mol. The summed E-state index contributed by atoms with van der Waals surface area (Å²) in [5, 5.41) is 11.6. The summed E-state index contributed by atoms with van der Waals surface area (Å²) in [6.07, 6.45) is 0. The second-order valence-corrected chi connectivity index (χ2v) is 6.36. The minimum Gasteiger partial charge on any atom is -0.496 e. The van der Waals surface area contributed by atoms with Gasteiger partial charge in [0.2, 0.25) is 5.91 Å². The van der Waals surface area contributed by atoms with Gasteiger partial charge in [0.05, 0.1) is 18.4 Å². The highest BCUT2D eigenvalue weighted by Crippen LogP contribution is 2.29.